The Morgan fingerprint density at radius 3 is 2.88 bits per heavy atom. The first-order valence-electron chi connectivity index (χ1n) is 7.45. The largest absolute Gasteiger partial charge is 0.283 e. The van der Waals surface area contributed by atoms with Crippen molar-refractivity contribution in [2.45, 2.75) is 0 Å². The van der Waals surface area contributed by atoms with E-state index in [1.54, 1.807) is 23.5 Å². The van der Waals surface area contributed by atoms with E-state index in [-0.39, 0.29) is 11.2 Å². The predicted octanol–water partition coefficient (Wildman–Crippen LogP) is 3.98. The lowest BCUT2D eigenvalue weighted by atomic mass is 10.2. The molecule has 9 heteroatoms. The smallest absolute Gasteiger partial charge is 0.267 e. The van der Waals surface area contributed by atoms with E-state index in [2.05, 4.69) is 10.1 Å². The Labute approximate surface area is 154 Å². The van der Waals surface area contributed by atoms with Gasteiger partial charge in [0.2, 0.25) is 0 Å². The van der Waals surface area contributed by atoms with Crippen LogP contribution >= 0.6 is 22.7 Å². The lowest BCUT2D eigenvalue weighted by molar-refractivity contribution is -0.384. The van der Waals surface area contributed by atoms with E-state index in [0.717, 1.165) is 15.1 Å². The van der Waals surface area contributed by atoms with Gasteiger partial charge in [0.05, 0.1) is 16.5 Å². The van der Waals surface area contributed by atoms with Crippen LogP contribution in [0.1, 0.15) is 5.56 Å². The second kappa shape index (κ2) is 6.62. The molecule has 0 unspecified atom stereocenters. The maximum Gasteiger partial charge on any atom is 0.283 e. The third-order valence-electron chi connectivity index (χ3n) is 3.68. The summed E-state index contributed by atoms with van der Waals surface area (Å²) in [4.78, 5) is 29.1. The number of fused-ring (bicyclic) bond motifs is 1. The number of non-ortho nitro benzene ring substituents is 1. The molecule has 0 radical (unpaired) electrons. The molecule has 7 nitrogen and oxygen atoms in total. The highest BCUT2D eigenvalue weighted by molar-refractivity contribution is 7.18. The van der Waals surface area contributed by atoms with E-state index < -0.39 is 4.92 Å². The Bertz CT molecular complexity index is 1190. The minimum absolute atomic E-state index is 0.0345. The van der Waals surface area contributed by atoms with Gasteiger partial charge >= 0.3 is 0 Å². The summed E-state index contributed by atoms with van der Waals surface area (Å²) in [7, 11) is 0. The highest BCUT2D eigenvalue weighted by Crippen LogP contribution is 2.33. The molecule has 1 aromatic carbocycles. The molecule has 0 aliphatic rings. The summed E-state index contributed by atoms with van der Waals surface area (Å²) in [6, 6.07) is 9.92. The SMILES string of the molecule is O=c1c2c(-c3cccs3)csc2ncn1/N=C\c1cccc([N+](=O)[O-])c1. The van der Waals surface area contributed by atoms with Crippen molar-refractivity contribution in [3.05, 3.63) is 79.5 Å². The summed E-state index contributed by atoms with van der Waals surface area (Å²) in [6.45, 7) is 0. The van der Waals surface area contributed by atoms with Gasteiger partial charge in [0.25, 0.3) is 11.2 Å². The van der Waals surface area contributed by atoms with E-state index >= 15 is 0 Å². The van der Waals surface area contributed by atoms with Crippen LogP contribution in [0, 0.1) is 10.1 Å². The summed E-state index contributed by atoms with van der Waals surface area (Å²) >= 11 is 2.96. The number of benzene rings is 1. The van der Waals surface area contributed by atoms with E-state index in [1.807, 2.05) is 22.9 Å². The van der Waals surface area contributed by atoms with E-state index in [4.69, 9.17) is 0 Å². The molecule has 4 rings (SSSR count). The number of hydrogen-bond acceptors (Lipinski definition) is 7. The molecule has 0 saturated heterocycles. The summed E-state index contributed by atoms with van der Waals surface area (Å²) < 4.78 is 1.14. The first-order chi connectivity index (χ1) is 12.6. The minimum atomic E-state index is -0.476. The zero-order valence-electron chi connectivity index (χ0n) is 13.1. The van der Waals surface area contributed by atoms with Gasteiger partial charge in [-0.3, -0.25) is 14.9 Å². The third-order valence-corrected chi connectivity index (χ3v) is 5.47. The first kappa shape index (κ1) is 16.3. The molecule has 3 aromatic heterocycles. The van der Waals surface area contributed by atoms with Crippen molar-refractivity contribution in [2.75, 3.05) is 0 Å². The fourth-order valence-electron chi connectivity index (χ4n) is 2.47. The van der Waals surface area contributed by atoms with Gasteiger partial charge in [0.1, 0.15) is 11.2 Å². The molecule has 26 heavy (non-hydrogen) atoms. The van der Waals surface area contributed by atoms with Crippen LogP contribution in [0.25, 0.3) is 20.7 Å². The van der Waals surface area contributed by atoms with Gasteiger partial charge in [-0.05, 0) is 11.4 Å². The molecule has 0 saturated carbocycles. The van der Waals surface area contributed by atoms with Gasteiger partial charge in [0, 0.05) is 33.5 Å². The quantitative estimate of drug-likeness (QED) is 0.303. The van der Waals surface area contributed by atoms with Crippen LogP contribution in [0.4, 0.5) is 5.69 Å². The van der Waals surface area contributed by atoms with Crippen LogP contribution in [-0.4, -0.2) is 20.8 Å². The monoisotopic (exact) mass is 382 g/mol. The molecular weight excluding hydrogens is 372 g/mol. The van der Waals surface area contributed by atoms with Crippen LogP contribution in [-0.2, 0) is 0 Å². The molecule has 0 amide bonds. The van der Waals surface area contributed by atoms with Crippen LogP contribution in [0.3, 0.4) is 0 Å². The Balaban J connectivity index is 1.77. The molecule has 0 bridgehead atoms. The van der Waals surface area contributed by atoms with E-state index in [9.17, 15) is 14.9 Å². The maximum atomic E-state index is 12.8. The van der Waals surface area contributed by atoms with Crippen molar-refractivity contribution in [1.29, 1.82) is 0 Å². The zero-order chi connectivity index (χ0) is 18.1. The highest BCUT2D eigenvalue weighted by atomic mass is 32.1. The maximum absolute atomic E-state index is 12.8. The van der Waals surface area contributed by atoms with Crippen LogP contribution < -0.4 is 5.56 Å². The van der Waals surface area contributed by atoms with Gasteiger partial charge in [-0.15, -0.1) is 22.7 Å². The summed E-state index contributed by atoms with van der Waals surface area (Å²) in [5, 5.41) is 19.4. The fourth-order valence-corrected chi connectivity index (χ4v) is 4.19. The van der Waals surface area contributed by atoms with Gasteiger partial charge in [-0.1, -0.05) is 18.2 Å². The molecule has 0 N–H and O–H groups in total. The van der Waals surface area contributed by atoms with Gasteiger partial charge < -0.3 is 0 Å². The first-order valence-corrected chi connectivity index (χ1v) is 9.21. The number of thiophene rings is 2. The average molecular weight is 382 g/mol. The van der Waals surface area contributed by atoms with Crippen molar-refractivity contribution in [3.63, 3.8) is 0 Å². The predicted molar refractivity (Wildman–Crippen MR) is 103 cm³/mol. The molecule has 4 aromatic rings. The van der Waals surface area contributed by atoms with E-state index in [0.29, 0.717) is 15.8 Å². The summed E-state index contributed by atoms with van der Waals surface area (Å²) in [5.41, 5.74) is 1.06. The Morgan fingerprint density at radius 1 is 1.23 bits per heavy atom. The number of nitro benzene ring substituents is 1. The topological polar surface area (TPSA) is 90.4 Å². The van der Waals surface area contributed by atoms with Crippen molar-refractivity contribution >= 4 is 44.8 Å². The minimum Gasteiger partial charge on any atom is -0.267 e. The lowest BCUT2D eigenvalue weighted by Crippen LogP contribution is -2.16. The fraction of sp³-hybridized carbons (Fsp3) is 0. The summed E-state index contributed by atoms with van der Waals surface area (Å²) in [5.74, 6) is 0. The molecule has 128 valence electrons. The standard InChI is InChI=1S/C17H10N4O3S2/c22-17-15-13(14-5-2-6-25-14)9-26-16(15)18-10-20(17)19-8-11-3-1-4-12(7-11)21(23)24/h1-10H/b19-8-. The average Bonchev–Trinajstić information content (AvgIpc) is 3.31. The Hall–Kier alpha value is -3.17. The molecular formula is C17H10N4O3S2. The van der Waals surface area contributed by atoms with E-state index in [1.165, 1.54) is 36.0 Å². The normalized spacial score (nSPS) is 11.4. The Morgan fingerprint density at radius 2 is 2.12 bits per heavy atom. The Kier molecular flexibility index (Phi) is 4.15. The molecule has 0 spiro atoms. The molecule has 0 aliphatic heterocycles. The van der Waals surface area contributed by atoms with Gasteiger partial charge in [0.15, 0.2) is 0 Å². The van der Waals surface area contributed by atoms with Crippen LogP contribution in [0.5, 0.6) is 0 Å². The molecule has 0 aliphatic carbocycles. The second-order valence-corrected chi connectivity index (χ2v) is 7.10. The molecule has 3 heterocycles. The third kappa shape index (κ3) is 2.93. The van der Waals surface area contributed by atoms with Gasteiger partial charge in [-0.25, -0.2) is 4.98 Å². The van der Waals surface area contributed by atoms with Crippen LogP contribution in [0.15, 0.2) is 63.4 Å². The summed E-state index contributed by atoms with van der Waals surface area (Å²) in [6.07, 6.45) is 2.76. The number of nitro groups is 1. The van der Waals surface area contributed by atoms with Crippen molar-refractivity contribution < 1.29 is 4.92 Å². The van der Waals surface area contributed by atoms with Crippen molar-refractivity contribution in [2.24, 2.45) is 5.10 Å². The number of aromatic nitrogens is 2. The number of hydrogen-bond donors (Lipinski definition) is 0. The lowest BCUT2D eigenvalue weighted by Gasteiger charge is -2.00. The van der Waals surface area contributed by atoms with Crippen molar-refractivity contribution in [1.82, 2.24) is 9.66 Å². The number of rotatable bonds is 4. The molecule has 0 fully saturated rings. The highest BCUT2D eigenvalue weighted by Gasteiger charge is 2.13. The second-order valence-electron chi connectivity index (χ2n) is 5.30. The van der Waals surface area contributed by atoms with Crippen LogP contribution in [0.2, 0.25) is 0 Å². The van der Waals surface area contributed by atoms with Crippen molar-refractivity contribution in [3.8, 4) is 10.4 Å². The van der Waals surface area contributed by atoms with Gasteiger partial charge in [-0.2, -0.15) is 9.78 Å². The number of nitrogens with zero attached hydrogens (tertiary/aromatic N) is 4. The molecule has 0 atom stereocenters. The zero-order valence-corrected chi connectivity index (χ0v) is 14.7.